The Bertz CT molecular complexity index is 973. The lowest BCUT2D eigenvalue weighted by Gasteiger charge is -2.21. The molecule has 3 rings (SSSR count). The summed E-state index contributed by atoms with van der Waals surface area (Å²) < 4.78 is 5.18. The van der Waals surface area contributed by atoms with Crippen molar-refractivity contribution in [1.29, 1.82) is 5.26 Å². The van der Waals surface area contributed by atoms with Crippen LogP contribution in [0.4, 0.5) is 0 Å². The van der Waals surface area contributed by atoms with E-state index in [-0.39, 0.29) is 23.6 Å². The zero-order chi connectivity index (χ0) is 22.2. The zero-order valence-electron chi connectivity index (χ0n) is 18.6. The van der Waals surface area contributed by atoms with E-state index in [2.05, 4.69) is 28.8 Å². The fourth-order valence-corrected chi connectivity index (χ4v) is 3.97. The van der Waals surface area contributed by atoms with Gasteiger partial charge in [-0.2, -0.15) is 5.26 Å². The largest absolute Gasteiger partial charge is 0.497 e. The van der Waals surface area contributed by atoms with Gasteiger partial charge < -0.3 is 15.4 Å². The van der Waals surface area contributed by atoms with E-state index in [0.29, 0.717) is 0 Å². The molecule has 0 aliphatic heterocycles. The molecular formula is C26H31N3O2. The molecule has 31 heavy (non-hydrogen) atoms. The first kappa shape index (κ1) is 22.4. The molecule has 0 saturated carbocycles. The first-order valence-corrected chi connectivity index (χ1v) is 11.0. The van der Waals surface area contributed by atoms with Crippen molar-refractivity contribution in [3.63, 3.8) is 0 Å². The SMILES string of the molecule is CCC(NC(=O)/C(C#N)=C\NC(C)c1ccc(OC)cc1)c1ccc2c(c1)CCCC2. The van der Waals surface area contributed by atoms with Gasteiger partial charge in [-0.05, 0) is 73.4 Å². The number of hydrogen-bond donors (Lipinski definition) is 2. The number of rotatable bonds is 8. The summed E-state index contributed by atoms with van der Waals surface area (Å²) in [6, 6.07) is 16.1. The minimum absolute atomic E-state index is 0.0512. The molecule has 0 fully saturated rings. The minimum Gasteiger partial charge on any atom is -0.497 e. The molecule has 2 unspecified atom stereocenters. The topological polar surface area (TPSA) is 74.2 Å². The van der Waals surface area contributed by atoms with Crippen molar-refractivity contribution in [2.24, 2.45) is 0 Å². The summed E-state index contributed by atoms with van der Waals surface area (Å²) in [6.45, 7) is 4.03. The fourth-order valence-electron chi connectivity index (χ4n) is 3.97. The molecule has 2 aromatic rings. The number of fused-ring (bicyclic) bond motifs is 1. The first-order chi connectivity index (χ1) is 15.0. The predicted octanol–water partition coefficient (Wildman–Crippen LogP) is 4.90. The molecule has 0 radical (unpaired) electrons. The van der Waals surface area contributed by atoms with Crippen LogP contribution in [-0.4, -0.2) is 13.0 Å². The van der Waals surface area contributed by atoms with Gasteiger partial charge in [-0.15, -0.1) is 0 Å². The maximum absolute atomic E-state index is 12.8. The molecule has 2 aromatic carbocycles. The average Bonchev–Trinajstić information content (AvgIpc) is 2.82. The van der Waals surface area contributed by atoms with E-state index < -0.39 is 0 Å². The van der Waals surface area contributed by atoms with Crippen molar-refractivity contribution in [2.45, 2.75) is 58.0 Å². The van der Waals surface area contributed by atoms with Crippen LogP contribution in [0.1, 0.15) is 67.4 Å². The summed E-state index contributed by atoms with van der Waals surface area (Å²) in [6.07, 6.45) is 6.97. The minimum atomic E-state index is -0.360. The van der Waals surface area contributed by atoms with Gasteiger partial charge in [0.05, 0.1) is 13.2 Å². The van der Waals surface area contributed by atoms with Crippen LogP contribution in [0.25, 0.3) is 0 Å². The Kier molecular flexibility index (Phi) is 7.72. The van der Waals surface area contributed by atoms with Gasteiger partial charge in [0.25, 0.3) is 5.91 Å². The van der Waals surface area contributed by atoms with Gasteiger partial charge in [0, 0.05) is 12.2 Å². The van der Waals surface area contributed by atoms with Crippen LogP contribution in [0, 0.1) is 11.3 Å². The summed E-state index contributed by atoms with van der Waals surface area (Å²) in [5, 5.41) is 15.7. The highest BCUT2D eigenvalue weighted by Gasteiger charge is 2.18. The smallest absolute Gasteiger partial charge is 0.263 e. The number of nitrogens with one attached hydrogen (secondary N) is 2. The van der Waals surface area contributed by atoms with Crippen LogP contribution in [0.3, 0.4) is 0 Å². The van der Waals surface area contributed by atoms with Crippen molar-refractivity contribution < 1.29 is 9.53 Å². The molecule has 0 bridgehead atoms. The summed E-state index contributed by atoms with van der Waals surface area (Å²) in [4.78, 5) is 12.8. The number of aryl methyl sites for hydroxylation is 2. The summed E-state index contributed by atoms with van der Waals surface area (Å²) in [5.74, 6) is 0.429. The number of ether oxygens (including phenoxy) is 1. The van der Waals surface area contributed by atoms with Crippen LogP contribution >= 0.6 is 0 Å². The summed E-state index contributed by atoms with van der Waals surface area (Å²) in [7, 11) is 1.63. The van der Waals surface area contributed by atoms with Crippen LogP contribution < -0.4 is 15.4 Å². The molecule has 1 aliphatic carbocycles. The lowest BCUT2D eigenvalue weighted by Crippen LogP contribution is -2.30. The molecule has 2 N–H and O–H groups in total. The molecule has 1 amide bonds. The third-order valence-corrected chi connectivity index (χ3v) is 5.95. The molecular weight excluding hydrogens is 386 g/mol. The maximum Gasteiger partial charge on any atom is 0.263 e. The molecule has 0 aromatic heterocycles. The monoisotopic (exact) mass is 417 g/mol. The lowest BCUT2D eigenvalue weighted by atomic mass is 9.88. The van der Waals surface area contributed by atoms with E-state index in [0.717, 1.165) is 36.1 Å². The molecule has 5 heteroatoms. The molecule has 2 atom stereocenters. The van der Waals surface area contributed by atoms with Gasteiger partial charge >= 0.3 is 0 Å². The van der Waals surface area contributed by atoms with Crippen molar-refractivity contribution in [3.05, 3.63) is 76.5 Å². The second-order valence-electron chi connectivity index (χ2n) is 8.00. The number of hydrogen-bond acceptors (Lipinski definition) is 4. The standard InChI is InChI=1S/C26H31N3O2/c1-4-25(22-10-9-20-7-5-6-8-21(20)15-22)29-26(30)23(16-27)17-28-18(2)19-11-13-24(31-3)14-12-19/h9-15,17-18,25,28H,4-8H2,1-3H3,(H,29,30)/b23-17-. The molecule has 0 heterocycles. The van der Waals surface area contributed by atoms with Gasteiger partial charge in [0.15, 0.2) is 0 Å². The second kappa shape index (κ2) is 10.7. The predicted molar refractivity (Wildman–Crippen MR) is 122 cm³/mol. The van der Waals surface area contributed by atoms with E-state index in [1.807, 2.05) is 44.2 Å². The Morgan fingerprint density at radius 2 is 1.81 bits per heavy atom. The lowest BCUT2D eigenvalue weighted by molar-refractivity contribution is -0.117. The summed E-state index contributed by atoms with van der Waals surface area (Å²) >= 11 is 0. The Balaban J connectivity index is 1.66. The highest BCUT2D eigenvalue weighted by Crippen LogP contribution is 2.26. The van der Waals surface area contributed by atoms with Crippen molar-refractivity contribution in [2.75, 3.05) is 7.11 Å². The van der Waals surface area contributed by atoms with Crippen molar-refractivity contribution >= 4 is 5.91 Å². The number of nitrogens with zero attached hydrogens (tertiary/aromatic N) is 1. The van der Waals surface area contributed by atoms with Gasteiger partial charge in [0.1, 0.15) is 17.4 Å². The van der Waals surface area contributed by atoms with Gasteiger partial charge in [-0.25, -0.2) is 0 Å². The van der Waals surface area contributed by atoms with Crippen LogP contribution in [0.15, 0.2) is 54.2 Å². The second-order valence-corrected chi connectivity index (χ2v) is 8.00. The number of amides is 1. The van der Waals surface area contributed by atoms with Gasteiger partial charge in [0.2, 0.25) is 0 Å². The van der Waals surface area contributed by atoms with Crippen molar-refractivity contribution in [3.8, 4) is 11.8 Å². The maximum atomic E-state index is 12.8. The highest BCUT2D eigenvalue weighted by atomic mass is 16.5. The number of carbonyl (C=O) groups is 1. The summed E-state index contributed by atoms with van der Waals surface area (Å²) in [5.41, 5.74) is 5.02. The van der Waals surface area contributed by atoms with E-state index in [4.69, 9.17) is 4.74 Å². The Labute approximate surface area is 185 Å². The first-order valence-electron chi connectivity index (χ1n) is 11.0. The average molecular weight is 418 g/mol. The van der Waals surface area contributed by atoms with Crippen LogP contribution in [0.5, 0.6) is 5.75 Å². The molecule has 5 nitrogen and oxygen atoms in total. The van der Waals surface area contributed by atoms with Gasteiger partial charge in [-0.1, -0.05) is 37.3 Å². The zero-order valence-corrected chi connectivity index (χ0v) is 18.6. The third-order valence-electron chi connectivity index (χ3n) is 5.95. The van der Waals surface area contributed by atoms with Crippen LogP contribution in [0.2, 0.25) is 0 Å². The number of carbonyl (C=O) groups excluding carboxylic acids is 1. The van der Waals surface area contributed by atoms with Crippen molar-refractivity contribution in [1.82, 2.24) is 10.6 Å². The quantitative estimate of drug-likeness (QED) is 0.473. The van der Waals surface area contributed by atoms with E-state index >= 15 is 0 Å². The van der Waals surface area contributed by atoms with Crippen LogP contribution in [-0.2, 0) is 17.6 Å². The Hall–Kier alpha value is -3.26. The molecule has 162 valence electrons. The van der Waals surface area contributed by atoms with E-state index in [9.17, 15) is 10.1 Å². The highest BCUT2D eigenvalue weighted by molar-refractivity contribution is 5.97. The number of nitriles is 1. The van der Waals surface area contributed by atoms with E-state index in [1.54, 1.807) is 7.11 Å². The number of benzene rings is 2. The molecule has 0 spiro atoms. The normalized spacial score (nSPS) is 15.2. The third kappa shape index (κ3) is 5.67. The van der Waals surface area contributed by atoms with Gasteiger partial charge in [-0.3, -0.25) is 4.79 Å². The fraction of sp³-hybridized carbons (Fsp3) is 0.385. The Morgan fingerprint density at radius 3 is 2.45 bits per heavy atom. The van der Waals surface area contributed by atoms with E-state index in [1.165, 1.54) is 30.2 Å². The molecule has 0 saturated heterocycles. The molecule has 1 aliphatic rings. The number of methoxy groups -OCH3 is 1. The Morgan fingerprint density at radius 1 is 1.13 bits per heavy atom.